The van der Waals surface area contributed by atoms with Gasteiger partial charge in [-0.05, 0) is 11.1 Å². The number of aliphatic hydroxyl groups is 1. The SMILES string of the molecule is CN(C)C(=O)CCNC(=O)C(O)(c1ccccc1)c1ccccc1. The van der Waals surface area contributed by atoms with E-state index in [1.165, 1.54) is 4.90 Å². The smallest absolute Gasteiger partial charge is 0.261 e. The minimum Gasteiger partial charge on any atom is -0.372 e. The minimum atomic E-state index is -1.80. The first-order valence-corrected chi connectivity index (χ1v) is 7.78. The van der Waals surface area contributed by atoms with E-state index in [-0.39, 0.29) is 18.9 Å². The summed E-state index contributed by atoms with van der Waals surface area (Å²) in [6.07, 6.45) is 0.179. The molecule has 0 fully saturated rings. The Morgan fingerprint density at radius 2 is 1.42 bits per heavy atom. The van der Waals surface area contributed by atoms with Crippen LogP contribution in [0.5, 0.6) is 0 Å². The van der Waals surface area contributed by atoms with Crippen LogP contribution in [0.4, 0.5) is 0 Å². The highest BCUT2D eigenvalue weighted by atomic mass is 16.3. The van der Waals surface area contributed by atoms with Crippen molar-refractivity contribution in [3.05, 3.63) is 71.8 Å². The molecule has 126 valence electrons. The van der Waals surface area contributed by atoms with Crippen LogP contribution < -0.4 is 5.32 Å². The maximum absolute atomic E-state index is 12.7. The van der Waals surface area contributed by atoms with Crippen LogP contribution in [0.3, 0.4) is 0 Å². The molecule has 0 spiro atoms. The lowest BCUT2D eigenvalue weighted by Crippen LogP contribution is -2.46. The fraction of sp³-hybridized carbons (Fsp3) is 0.263. The number of benzene rings is 2. The molecular weight excluding hydrogens is 304 g/mol. The second-order valence-electron chi connectivity index (χ2n) is 5.74. The molecule has 0 saturated heterocycles. The van der Waals surface area contributed by atoms with Gasteiger partial charge < -0.3 is 15.3 Å². The van der Waals surface area contributed by atoms with Gasteiger partial charge in [0.15, 0.2) is 5.60 Å². The van der Waals surface area contributed by atoms with E-state index in [2.05, 4.69) is 5.32 Å². The third-order valence-electron chi connectivity index (χ3n) is 3.83. The second-order valence-corrected chi connectivity index (χ2v) is 5.74. The Morgan fingerprint density at radius 3 is 1.83 bits per heavy atom. The molecule has 5 heteroatoms. The standard InChI is InChI=1S/C19H22N2O3/c1-21(2)17(22)13-14-20-18(23)19(24,15-9-5-3-6-10-15)16-11-7-4-8-12-16/h3-12,24H,13-14H2,1-2H3,(H,20,23). The molecule has 0 aromatic heterocycles. The van der Waals surface area contributed by atoms with Crippen LogP contribution in [0.15, 0.2) is 60.7 Å². The summed E-state index contributed by atoms with van der Waals surface area (Å²) in [5.41, 5.74) is -0.843. The molecule has 0 saturated carbocycles. The summed E-state index contributed by atoms with van der Waals surface area (Å²) in [4.78, 5) is 25.8. The lowest BCUT2D eigenvalue weighted by Gasteiger charge is -2.28. The molecule has 2 amide bonds. The molecule has 0 bridgehead atoms. The molecule has 0 radical (unpaired) electrons. The molecule has 0 unspecified atom stereocenters. The van der Waals surface area contributed by atoms with Crippen molar-refractivity contribution in [2.75, 3.05) is 20.6 Å². The Bertz CT molecular complexity index is 645. The fourth-order valence-corrected chi connectivity index (χ4v) is 2.42. The van der Waals surface area contributed by atoms with E-state index in [1.807, 2.05) is 12.1 Å². The fourth-order valence-electron chi connectivity index (χ4n) is 2.42. The largest absolute Gasteiger partial charge is 0.372 e. The van der Waals surface area contributed by atoms with Crippen LogP contribution in [0.25, 0.3) is 0 Å². The molecule has 5 nitrogen and oxygen atoms in total. The number of carbonyl (C=O) groups excluding carboxylic acids is 2. The first-order chi connectivity index (χ1) is 11.5. The van der Waals surface area contributed by atoms with Gasteiger partial charge >= 0.3 is 0 Å². The van der Waals surface area contributed by atoms with Gasteiger partial charge in [-0.2, -0.15) is 0 Å². The van der Waals surface area contributed by atoms with Gasteiger partial charge in [-0.25, -0.2) is 0 Å². The molecule has 0 atom stereocenters. The van der Waals surface area contributed by atoms with E-state index >= 15 is 0 Å². The molecule has 2 rings (SSSR count). The van der Waals surface area contributed by atoms with Crippen LogP contribution >= 0.6 is 0 Å². The lowest BCUT2D eigenvalue weighted by molar-refractivity contribution is -0.137. The summed E-state index contributed by atoms with van der Waals surface area (Å²) >= 11 is 0. The summed E-state index contributed by atoms with van der Waals surface area (Å²) in [6.45, 7) is 0.165. The molecule has 0 aliphatic carbocycles. The number of hydrogen-bond donors (Lipinski definition) is 2. The Balaban J connectivity index is 2.24. The second kappa shape index (κ2) is 7.75. The zero-order chi connectivity index (χ0) is 17.6. The van der Waals surface area contributed by atoms with Gasteiger partial charge in [-0.15, -0.1) is 0 Å². The molecule has 0 aliphatic rings. The van der Waals surface area contributed by atoms with Crippen LogP contribution in [-0.2, 0) is 15.2 Å². The number of nitrogens with zero attached hydrogens (tertiary/aromatic N) is 1. The van der Waals surface area contributed by atoms with Gasteiger partial charge in [0.25, 0.3) is 5.91 Å². The zero-order valence-corrected chi connectivity index (χ0v) is 13.9. The molecule has 24 heavy (non-hydrogen) atoms. The number of nitrogens with one attached hydrogen (secondary N) is 1. The monoisotopic (exact) mass is 326 g/mol. The molecule has 2 aromatic rings. The predicted octanol–water partition coefficient (Wildman–Crippen LogP) is 1.52. The number of hydrogen-bond acceptors (Lipinski definition) is 3. The Kier molecular flexibility index (Phi) is 5.71. The molecule has 0 aliphatic heterocycles. The minimum absolute atomic E-state index is 0.0849. The maximum Gasteiger partial charge on any atom is 0.261 e. The van der Waals surface area contributed by atoms with Crippen molar-refractivity contribution >= 4 is 11.8 Å². The molecule has 2 aromatic carbocycles. The highest BCUT2D eigenvalue weighted by Gasteiger charge is 2.39. The van der Waals surface area contributed by atoms with E-state index in [1.54, 1.807) is 62.6 Å². The topological polar surface area (TPSA) is 69.6 Å². The number of amides is 2. The van der Waals surface area contributed by atoms with Crippen molar-refractivity contribution in [2.24, 2.45) is 0 Å². The van der Waals surface area contributed by atoms with E-state index in [4.69, 9.17) is 0 Å². The Hall–Kier alpha value is -2.66. The highest BCUT2D eigenvalue weighted by Crippen LogP contribution is 2.29. The zero-order valence-electron chi connectivity index (χ0n) is 13.9. The van der Waals surface area contributed by atoms with E-state index in [0.717, 1.165) is 0 Å². The van der Waals surface area contributed by atoms with E-state index in [0.29, 0.717) is 11.1 Å². The van der Waals surface area contributed by atoms with E-state index in [9.17, 15) is 14.7 Å². The lowest BCUT2D eigenvalue weighted by atomic mass is 9.85. The quantitative estimate of drug-likeness (QED) is 0.845. The third kappa shape index (κ3) is 3.81. The summed E-state index contributed by atoms with van der Waals surface area (Å²) < 4.78 is 0. The summed E-state index contributed by atoms with van der Waals surface area (Å²) in [5, 5.41) is 13.9. The number of rotatable bonds is 6. The normalized spacial score (nSPS) is 11.0. The van der Waals surface area contributed by atoms with Crippen LogP contribution in [0.1, 0.15) is 17.5 Å². The first kappa shape index (κ1) is 17.7. The average Bonchev–Trinajstić information content (AvgIpc) is 2.62. The molecule has 2 N–H and O–H groups in total. The molecule has 0 heterocycles. The van der Waals surface area contributed by atoms with Crippen molar-refractivity contribution < 1.29 is 14.7 Å². The van der Waals surface area contributed by atoms with Crippen molar-refractivity contribution in [3.63, 3.8) is 0 Å². The van der Waals surface area contributed by atoms with Gasteiger partial charge in [-0.1, -0.05) is 60.7 Å². The van der Waals surface area contributed by atoms with Crippen molar-refractivity contribution in [1.29, 1.82) is 0 Å². The predicted molar refractivity (Wildman–Crippen MR) is 92.2 cm³/mol. The molecular formula is C19H22N2O3. The summed E-state index contributed by atoms with van der Waals surface area (Å²) in [7, 11) is 3.32. The van der Waals surface area contributed by atoms with Crippen LogP contribution in [-0.4, -0.2) is 42.5 Å². The summed E-state index contributed by atoms with van der Waals surface area (Å²) in [5.74, 6) is -0.635. The number of carbonyl (C=O) groups is 2. The first-order valence-electron chi connectivity index (χ1n) is 7.78. The Labute approximate surface area is 141 Å². The maximum atomic E-state index is 12.7. The third-order valence-corrected chi connectivity index (χ3v) is 3.83. The summed E-state index contributed by atoms with van der Waals surface area (Å²) in [6, 6.07) is 17.5. The van der Waals surface area contributed by atoms with Gasteiger partial charge in [-0.3, -0.25) is 9.59 Å². The van der Waals surface area contributed by atoms with Gasteiger partial charge in [0.1, 0.15) is 0 Å². The Morgan fingerprint density at radius 1 is 0.958 bits per heavy atom. The van der Waals surface area contributed by atoms with Crippen LogP contribution in [0, 0.1) is 0 Å². The van der Waals surface area contributed by atoms with Crippen molar-refractivity contribution in [3.8, 4) is 0 Å². The highest BCUT2D eigenvalue weighted by molar-refractivity contribution is 5.90. The van der Waals surface area contributed by atoms with Gasteiger partial charge in [0.2, 0.25) is 5.91 Å². The van der Waals surface area contributed by atoms with E-state index < -0.39 is 11.5 Å². The van der Waals surface area contributed by atoms with Crippen molar-refractivity contribution in [1.82, 2.24) is 10.2 Å². The van der Waals surface area contributed by atoms with Crippen LogP contribution in [0.2, 0.25) is 0 Å². The average molecular weight is 326 g/mol. The van der Waals surface area contributed by atoms with Crippen molar-refractivity contribution in [2.45, 2.75) is 12.0 Å². The van der Waals surface area contributed by atoms with Gasteiger partial charge in [0.05, 0.1) is 0 Å². The van der Waals surface area contributed by atoms with Gasteiger partial charge in [0, 0.05) is 27.1 Å².